The van der Waals surface area contributed by atoms with Crippen LogP contribution in [0.2, 0.25) is 0 Å². The van der Waals surface area contributed by atoms with Gasteiger partial charge in [0.05, 0.1) is 10.1 Å². The van der Waals surface area contributed by atoms with Gasteiger partial charge >= 0.3 is 0 Å². The van der Waals surface area contributed by atoms with Gasteiger partial charge < -0.3 is 5.73 Å². The van der Waals surface area contributed by atoms with Crippen molar-refractivity contribution in [2.75, 3.05) is 6.54 Å². The summed E-state index contributed by atoms with van der Waals surface area (Å²) in [5.41, 5.74) is 5.62. The summed E-state index contributed by atoms with van der Waals surface area (Å²) in [5.74, 6) is -2.29. The summed E-state index contributed by atoms with van der Waals surface area (Å²) in [5, 5.41) is -0.587. The predicted octanol–water partition coefficient (Wildman–Crippen LogP) is 2.26. The molecule has 2 N–H and O–H groups in total. The molecule has 0 saturated heterocycles. The molecular formula is C13H17F2NO2S. The van der Waals surface area contributed by atoms with Gasteiger partial charge in [-0.05, 0) is 43.5 Å². The molecule has 2 unspecified atom stereocenters. The molecule has 2 atom stereocenters. The van der Waals surface area contributed by atoms with E-state index in [4.69, 9.17) is 5.73 Å². The minimum Gasteiger partial charge on any atom is -0.330 e. The third-order valence-corrected chi connectivity index (χ3v) is 6.09. The van der Waals surface area contributed by atoms with Crippen LogP contribution in [0.15, 0.2) is 23.1 Å². The van der Waals surface area contributed by atoms with Gasteiger partial charge in [-0.25, -0.2) is 17.2 Å². The average Bonchev–Trinajstić information content (AvgIpc) is 2.41. The molecule has 1 aliphatic carbocycles. The van der Waals surface area contributed by atoms with Crippen LogP contribution in [0, 0.1) is 17.6 Å². The Kier molecular flexibility index (Phi) is 4.20. The number of sulfone groups is 1. The van der Waals surface area contributed by atoms with E-state index >= 15 is 0 Å². The van der Waals surface area contributed by atoms with Gasteiger partial charge in [0.15, 0.2) is 21.5 Å². The highest BCUT2D eigenvalue weighted by Crippen LogP contribution is 2.33. The number of hydrogen-bond acceptors (Lipinski definition) is 3. The molecule has 3 nitrogen and oxygen atoms in total. The summed E-state index contributed by atoms with van der Waals surface area (Å²) in [6.07, 6.45) is 3.09. The van der Waals surface area contributed by atoms with Gasteiger partial charge in [-0.15, -0.1) is 0 Å². The van der Waals surface area contributed by atoms with E-state index in [0.29, 0.717) is 13.0 Å². The van der Waals surface area contributed by atoms with Crippen molar-refractivity contribution in [3.63, 3.8) is 0 Å². The van der Waals surface area contributed by atoms with Gasteiger partial charge in [-0.3, -0.25) is 0 Å². The second-order valence-corrected chi connectivity index (χ2v) is 7.11. The second kappa shape index (κ2) is 5.54. The van der Waals surface area contributed by atoms with Crippen LogP contribution < -0.4 is 5.73 Å². The van der Waals surface area contributed by atoms with Crippen LogP contribution in [0.1, 0.15) is 25.7 Å². The first-order valence-electron chi connectivity index (χ1n) is 6.36. The van der Waals surface area contributed by atoms with E-state index in [9.17, 15) is 17.2 Å². The normalized spacial score (nSPS) is 24.4. The Hall–Kier alpha value is -1.01. The summed E-state index contributed by atoms with van der Waals surface area (Å²) in [7, 11) is -3.65. The lowest BCUT2D eigenvalue weighted by Crippen LogP contribution is -2.37. The molecule has 19 heavy (non-hydrogen) atoms. The van der Waals surface area contributed by atoms with Crippen LogP contribution in [0.3, 0.4) is 0 Å². The largest absolute Gasteiger partial charge is 0.330 e. The van der Waals surface area contributed by atoms with Gasteiger partial charge in [0.2, 0.25) is 0 Å². The highest BCUT2D eigenvalue weighted by molar-refractivity contribution is 7.92. The molecule has 6 heteroatoms. The summed E-state index contributed by atoms with van der Waals surface area (Å²) in [6.45, 7) is 0.299. The smallest absolute Gasteiger partial charge is 0.181 e. The van der Waals surface area contributed by atoms with Gasteiger partial charge in [0, 0.05) is 0 Å². The van der Waals surface area contributed by atoms with Crippen LogP contribution in [-0.2, 0) is 9.84 Å². The van der Waals surface area contributed by atoms with Gasteiger partial charge in [-0.1, -0.05) is 12.8 Å². The molecule has 0 aromatic heterocycles. The number of benzene rings is 1. The zero-order valence-electron chi connectivity index (χ0n) is 10.5. The molecule has 0 bridgehead atoms. The Morgan fingerprint density at radius 2 is 1.84 bits per heavy atom. The third kappa shape index (κ3) is 2.79. The third-order valence-electron chi connectivity index (χ3n) is 3.76. The van der Waals surface area contributed by atoms with Crippen molar-refractivity contribution in [2.45, 2.75) is 35.8 Å². The predicted molar refractivity (Wildman–Crippen MR) is 68.3 cm³/mol. The molecule has 1 saturated carbocycles. The van der Waals surface area contributed by atoms with Crippen molar-refractivity contribution in [3.05, 3.63) is 29.8 Å². The minimum atomic E-state index is -3.65. The lowest BCUT2D eigenvalue weighted by atomic mass is 9.89. The lowest BCUT2D eigenvalue weighted by molar-refractivity contribution is 0.363. The minimum absolute atomic E-state index is 0.105. The fourth-order valence-electron chi connectivity index (χ4n) is 2.68. The molecule has 1 aromatic carbocycles. The molecule has 1 fully saturated rings. The Bertz CT molecular complexity index is 560. The molecule has 0 aliphatic heterocycles. The second-order valence-electron chi connectivity index (χ2n) is 4.94. The maximum absolute atomic E-state index is 13.2. The summed E-state index contributed by atoms with van der Waals surface area (Å²) in [6, 6.07) is 2.73. The monoisotopic (exact) mass is 289 g/mol. The molecule has 1 aliphatic rings. The van der Waals surface area contributed by atoms with Crippen molar-refractivity contribution in [3.8, 4) is 0 Å². The molecular weight excluding hydrogens is 272 g/mol. The standard InChI is InChI=1S/C13H17F2NO2S/c14-11-6-5-10(7-12(11)15)19(17,18)13-4-2-1-3-9(13)8-16/h5-7,9,13H,1-4,8,16H2. The molecule has 106 valence electrons. The zero-order chi connectivity index (χ0) is 14.0. The first-order valence-corrected chi connectivity index (χ1v) is 7.90. The van der Waals surface area contributed by atoms with Crippen molar-refractivity contribution in [1.82, 2.24) is 0 Å². The molecule has 0 heterocycles. The Labute approximate surface area is 111 Å². The van der Waals surface area contributed by atoms with Gasteiger partial charge in [0.25, 0.3) is 0 Å². The highest BCUT2D eigenvalue weighted by Gasteiger charge is 2.36. The van der Waals surface area contributed by atoms with Gasteiger partial charge in [-0.2, -0.15) is 0 Å². The quantitative estimate of drug-likeness (QED) is 0.868. The fourth-order valence-corrected chi connectivity index (χ4v) is 4.79. The molecule has 0 radical (unpaired) electrons. The topological polar surface area (TPSA) is 60.2 Å². The summed E-state index contributed by atoms with van der Waals surface area (Å²) < 4.78 is 51.0. The van der Waals surface area contributed by atoms with Crippen LogP contribution in [0.5, 0.6) is 0 Å². The van der Waals surface area contributed by atoms with Crippen LogP contribution >= 0.6 is 0 Å². The fraction of sp³-hybridized carbons (Fsp3) is 0.538. The molecule has 0 amide bonds. The number of nitrogens with two attached hydrogens (primary N) is 1. The van der Waals surface area contributed by atoms with Crippen molar-refractivity contribution < 1.29 is 17.2 Å². The average molecular weight is 289 g/mol. The van der Waals surface area contributed by atoms with E-state index in [0.717, 1.165) is 37.5 Å². The Morgan fingerprint density at radius 3 is 2.47 bits per heavy atom. The first kappa shape index (κ1) is 14.4. The summed E-state index contributed by atoms with van der Waals surface area (Å²) in [4.78, 5) is -0.156. The van der Waals surface area contributed by atoms with E-state index in [1.807, 2.05) is 0 Å². The van der Waals surface area contributed by atoms with Gasteiger partial charge in [0.1, 0.15) is 0 Å². The highest BCUT2D eigenvalue weighted by atomic mass is 32.2. The van der Waals surface area contributed by atoms with Crippen molar-refractivity contribution >= 4 is 9.84 Å². The zero-order valence-corrected chi connectivity index (χ0v) is 11.3. The molecule has 1 aromatic rings. The Morgan fingerprint density at radius 1 is 1.16 bits per heavy atom. The number of hydrogen-bond donors (Lipinski definition) is 1. The Balaban J connectivity index is 2.37. The van der Waals surface area contributed by atoms with Crippen molar-refractivity contribution in [1.29, 1.82) is 0 Å². The van der Waals surface area contributed by atoms with Crippen LogP contribution in [-0.4, -0.2) is 20.2 Å². The molecule has 0 spiro atoms. The number of rotatable bonds is 3. The maximum Gasteiger partial charge on any atom is 0.181 e. The van der Waals surface area contributed by atoms with E-state index in [-0.39, 0.29) is 10.8 Å². The van der Waals surface area contributed by atoms with Crippen LogP contribution in [0.25, 0.3) is 0 Å². The molecule has 2 rings (SSSR count). The van der Waals surface area contributed by atoms with E-state index in [1.54, 1.807) is 0 Å². The van der Waals surface area contributed by atoms with E-state index in [2.05, 4.69) is 0 Å². The SMILES string of the molecule is NCC1CCCCC1S(=O)(=O)c1ccc(F)c(F)c1. The first-order chi connectivity index (χ1) is 8.96. The summed E-state index contributed by atoms with van der Waals surface area (Å²) >= 11 is 0. The lowest BCUT2D eigenvalue weighted by Gasteiger charge is -2.30. The van der Waals surface area contributed by atoms with Crippen molar-refractivity contribution in [2.24, 2.45) is 11.7 Å². The maximum atomic E-state index is 13.2. The van der Waals surface area contributed by atoms with Crippen LogP contribution in [0.4, 0.5) is 8.78 Å². The van der Waals surface area contributed by atoms with E-state index in [1.165, 1.54) is 0 Å². The number of halogens is 2. The van der Waals surface area contributed by atoms with E-state index < -0.39 is 26.7 Å².